The number of hydrogen-bond acceptors (Lipinski definition) is 6. The zero-order valence-corrected chi connectivity index (χ0v) is 45.0. The first-order chi connectivity index (χ1) is 34.5. The van der Waals surface area contributed by atoms with Gasteiger partial charge >= 0.3 is 17.9 Å². The number of esters is 3. The Morgan fingerprint density at radius 1 is 0.300 bits per heavy atom. The monoisotopic (exact) mass is 967 g/mol. The van der Waals surface area contributed by atoms with Crippen LogP contribution in [0.5, 0.6) is 0 Å². The van der Waals surface area contributed by atoms with Crippen molar-refractivity contribution in [3.05, 3.63) is 134 Å². The summed E-state index contributed by atoms with van der Waals surface area (Å²) in [6.45, 7) is 6.33. The molecule has 0 rings (SSSR count). The molecule has 70 heavy (non-hydrogen) atoms. The van der Waals surface area contributed by atoms with Gasteiger partial charge in [0.15, 0.2) is 6.10 Å². The molecule has 0 aromatic carbocycles. The zero-order chi connectivity index (χ0) is 50.7. The highest BCUT2D eigenvalue weighted by Crippen LogP contribution is 2.13. The lowest BCUT2D eigenvalue weighted by Crippen LogP contribution is -2.30. The van der Waals surface area contributed by atoms with Gasteiger partial charge in [0.2, 0.25) is 0 Å². The van der Waals surface area contributed by atoms with E-state index < -0.39 is 6.10 Å². The summed E-state index contributed by atoms with van der Waals surface area (Å²) < 4.78 is 16.8. The van der Waals surface area contributed by atoms with Crippen molar-refractivity contribution in [3.8, 4) is 0 Å². The highest BCUT2D eigenvalue weighted by Gasteiger charge is 2.19. The summed E-state index contributed by atoms with van der Waals surface area (Å²) in [6, 6.07) is 0. The van der Waals surface area contributed by atoms with Gasteiger partial charge in [-0.1, -0.05) is 231 Å². The lowest BCUT2D eigenvalue weighted by molar-refractivity contribution is -0.167. The molecule has 0 N–H and O–H groups in total. The first-order valence-electron chi connectivity index (χ1n) is 28.2. The van der Waals surface area contributed by atoms with Gasteiger partial charge in [-0.25, -0.2) is 0 Å². The minimum absolute atomic E-state index is 0.0979. The Morgan fingerprint density at radius 2 is 0.557 bits per heavy atom. The van der Waals surface area contributed by atoms with Crippen LogP contribution in [0.1, 0.15) is 233 Å². The lowest BCUT2D eigenvalue weighted by Gasteiger charge is -2.18. The molecule has 0 spiro atoms. The van der Waals surface area contributed by atoms with Crippen molar-refractivity contribution in [1.29, 1.82) is 0 Å². The van der Waals surface area contributed by atoms with Crippen molar-refractivity contribution in [2.75, 3.05) is 13.2 Å². The van der Waals surface area contributed by atoms with Crippen LogP contribution >= 0.6 is 0 Å². The number of allylic oxidation sites excluding steroid dienone is 22. The minimum atomic E-state index is -0.802. The average Bonchev–Trinajstić information content (AvgIpc) is 3.36. The highest BCUT2D eigenvalue weighted by molar-refractivity contribution is 5.71. The molecule has 0 aromatic rings. The van der Waals surface area contributed by atoms with E-state index >= 15 is 0 Å². The molecule has 0 heterocycles. The van der Waals surface area contributed by atoms with Gasteiger partial charge in [-0.2, -0.15) is 0 Å². The second-order valence-corrected chi connectivity index (χ2v) is 18.1. The maximum Gasteiger partial charge on any atom is 0.306 e. The molecule has 0 fully saturated rings. The molecule has 1 atom stereocenters. The number of carbonyl (C=O) groups is 3. The molecule has 394 valence electrons. The first-order valence-corrected chi connectivity index (χ1v) is 28.2. The van der Waals surface area contributed by atoms with Gasteiger partial charge in [-0.15, -0.1) is 0 Å². The number of rotatable bonds is 49. The minimum Gasteiger partial charge on any atom is -0.462 e. The molecule has 0 saturated heterocycles. The molecule has 0 bridgehead atoms. The average molecular weight is 968 g/mol. The van der Waals surface area contributed by atoms with E-state index in [9.17, 15) is 14.4 Å². The van der Waals surface area contributed by atoms with Crippen molar-refractivity contribution in [1.82, 2.24) is 0 Å². The fraction of sp³-hybridized carbons (Fsp3) is 0.609. The van der Waals surface area contributed by atoms with Crippen LogP contribution < -0.4 is 0 Å². The number of hydrogen-bond donors (Lipinski definition) is 0. The van der Waals surface area contributed by atoms with Crippen molar-refractivity contribution in [3.63, 3.8) is 0 Å². The van der Waals surface area contributed by atoms with Gasteiger partial charge in [0, 0.05) is 19.3 Å². The summed E-state index contributed by atoms with van der Waals surface area (Å²) in [6.07, 6.45) is 80.2. The smallest absolute Gasteiger partial charge is 0.306 e. The number of unbranched alkanes of at least 4 members (excludes halogenated alkanes) is 16. The fourth-order valence-electron chi connectivity index (χ4n) is 7.24. The van der Waals surface area contributed by atoms with E-state index in [1.807, 2.05) is 0 Å². The first kappa shape index (κ1) is 65.5. The Bertz CT molecular complexity index is 1530. The maximum absolute atomic E-state index is 12.8. The molecule has 6 nitrogen and oxygen atoms in total. The Hall–Kier alpha value is -4.45. The molecule has 0 amide bonds. The van der Waals surface area contributed by atoms with Gasteiger partial charge in [0.25, 0.3) is 0 Å². The van der Waals surface area contributed by atoms with Gasteiger partial charge < -0.3 is 14.2 Å². The maximum atomic E-state index is 12.8. The lowest BCUT2D eigenvalue weighted by atomic mass is 10.1. The summed E-state index contributed by atoms with van der Waals surface area (Å²) in [7, 11) is 0. The van der Waals surface area contributed by atoms with Crippen molar-refractivity contribution >= 4 is 17.9 Å². The second kappa shape index (κ2) is 57.1. The van der Waals surface area contributed by atoms with E-state index in [1.54, 1.807) is 0 Å². The molecule has 0 aliphatic carbocycles. The molecule has 0 aliphatic rings. The van der Waals surface area contributed by atoms with E-state index in [4.69, 9.17) is 14.2 Å². The van der Waals surface area contributed by atoms with Crippen LogP contribution in [0.25, 0.3) is 0 Å². The number of carbonyl (C=O) groups excluding carboxylic acids is 3. The van der Waals surface area contributed by atoms with Crippen molar-refractivity contribution < 1.29 is 28.6 Å². The second-order valence-electron chi connectivity index (χ2n) is 18.1. The van der Waals surface area contributed by atoms with Crippen LogP contribution in [0.4, 0.5) is 0 Å². The summed E-state index contributed by atoms with van der Waals surface area (Å²) in [5.41, 5.74) is 0. The quantitative estimate of drug-likeness (QED) is 0.0262. The van der Waals surface area contributed by atoms with E-state index in [1.165, 1.54) is 32.1 Å². The molecule has 1 unspecified atom stereocenters. The third-order valence-corrected chi connectivity index (χ3v) is 11.4. The molecule has 0 aliphatic heterocycles. The Balaban J connectivity index is 4.38. The summed E-state index contributed by atoms with van der Waals surface area (Å²) >= 11 is 0. The van der Waals surface area contributed by atoms with E-state index in [0.29, 0.717) is 19.3 Å². The summed E-state index contributed by atoms with van der Waals surface area (Å²) in [5, 5.41) is 0. The van der Waals surface area contributed by atoms with Crippen LogP contribution in [-0.4, -0.2) is 37.2 Å². The van der Waals surface area contributed by atoms with Gasteiger partial charge in [-0.05, 0) is 116 Å². The number of ether oxygens (including phenoxy) is 3. The summed E-state index contributed by atoms with van der Waals surface area (Å²) in [5.74, 6) is -0.953. The van der Waals surface area contributed by atoms with Gasteiger partial charge in [0.1, 0.15) is 13.2 Å². The Morgan fingerprint density at radius 3 is 0.871 bits per heavy atom. The molecular formula is C64H102O6. The molecular weight excluding hydrogens is 865 g/mol. The van der Waals surface area contributed by atoms with Crippen LogP contribution in [0.2, 0.25) is 0 Å². The van der Waals surface area contributed by atoms with Crippen LogP contribution in [0.3, 0.4) is 0 Å². The topological polar surface area (TPSA) is 78.9 Å². The summed E-state index contributed by atoms with van der Waals surface area (Å²) in [4.78, 5) is 38.0. The van der Waals surface area contributed by atoms with Crippen LogP contribution in [-0.2, 0) is 28.6 Å². The molecule has 6 heteroatoms. The largest absolute Gasteiger partial charge is 0.462 e. The van der Waals surface area contributed by atoms with Crippen molar-refractivity contribution in [2.45, 2.75) is 239 Å². The van der Waals surface area contributed by atoms with E-state index in [2.05, 4.69) is 154 Å². The zero-order valence-electron chi connectivity index (χ0n) is 45.0. The predicted octanol–water partition coefficient (Wildman–Crippen LogP) is 19.0. The standard InChI is InChI=1S/C64H102O6/c1-4-7-10-13-16-19-21-23-25-27-29-31-32-34-35-37-39-41-43-45-48-51-54-57-63(66)69-60-61(59-68-62(65)56-53-50-47-18-15-12-9-6-3)70-64(67)58-55-52-49-46-44-42-40-38-36-33-30-28-26-24-22-20-17-14-11-8-5-2/h7-8,10-11,16-17,19-20,23-26,29-31,33-35,38-41,61H,4-6,9,12-15,18,21-22,27-28,32,36-37,42-60H2,1-3H3/b10-7-,11-8-,19-16-,20-17-,25-23-,26-24-,31-29-,33-30-,35-34-,40-38-,41-39-. The van der Waals surface area contributed by atoms with E-state index in [-0.39, 0.29) is 31.1 Å². The molecule has 0 saturated carbocycles. The van der Waals surface area contributed by atoms with Crippen LogP contribution in [0, 0.1) is 0 Å². The van der Waals surface area contributed by atoms with Crippen molar-refractivity contribution in [2.24, 2.45) is 0 Å². The normalized spacial score (nSPS) is 13.1. The molecule has 0 aromatic heterocycles. The predicted molar refractivity (Wildman–Crippen MR) is 302 cm³/mol. The highest BCUT2D eigenvalue weighted by atomic mass is 16.6. The fourth-order valence-corrected chi connectivity index (χ4v) is 7.24. The third-order valence-electron chi connectivity index (χ3n) is 11.4. The van der Waals surface area contributed by atoms with Crippen LogP contribution in [0.15, 0.2) is 134 Å². The third kappa shape index (κ3) is 54.5. The van der Waals surface area contributed by atoms with Gasteiger partial charge in [-0.3, -0.25) is 14.4 Å². The SMILES string of the molecule is CC/C=C\C/C=C\C/C=C\C/C=C\C/C=C\C/C=C\CCCCCCC(=O)OCC(COC(=O)CCCCCCCCCC)OC(=O)CCCCCCC/C=C\C/C=C\C/C=C\C/C=C\C/C=C\CC. The molecule has 0 radical (unpaired) electrons. The Kier molecular flexibility index (Phi) is 53.5. The van der Waals surface area contributed by atoms with Gasteiger partial charge in [0.05, 0.1) is 0 Å². The Labute approximate surface area is 430 Å². The van der Waals surface area contributed by atoms with E-state index in [0.717, 1.165) is 161 Å².